The van der Waals surface area contributed by atoms with Crippen molar-refractivity contribution < 1.29 is 9.59 Å². The van der Waals surface area contributed by atoms with E-state index >= 15 is 0 Å². The molecule has 0 saturated heterocycles. The molecule has 0 N–H and O–H groups in total. The van der Waals surface area contributed by atoms with Gasteiger partial charge in [-0.05, 0) is 99.7 Å². The zero-order valence-electron chi connectivity index (χ0n) is 21.8. The molecule has 0 radical (unpaired) electrons. The molecule has 1 fully saturated rings. The number of Topliss-reactive ketones (excluding diaryl/α,β-unsaturated/α-hetero) is 2. The summed E-state index contributed by atoms with van der Waals surface area (Å²) in [4.78, 5) is 33.7. The molecule has 0 spiro atoms. The average molecular weight is 664 g/mol. The predicted molar refractivity (Wildman–Crippen MR) is 157 cm³/mol. The van der Waals surface area contributed by atoms with Crippen LogP contribution in [0.5, 0.6) is 0 Å². The van der Waals surface area contributed by atoms with E-state index in [0.29, 0.717) is 11.4 Å². The minimum absolute atomic E-state index is 0.0545. The molecule has 1 saturated carbocycles. The zero-order chi connectivity index (χ0) is 27.9. The molecular formula is C30H28Br2N6O2. The third kappa shape index (κ3) is 7.91. The molecule has 4 aromatic heterocycles. The lowest BCUT2D eigenvalue weighted by atomic mass is 9.78. The number of aromatic nitrogens is 6. The van der Waals surface area contributed by atoms with Crippen LogP contribution in [0.2, 0.25) is 0 Å². The first-order valence-corrected chi connectivity index (χ1v) is 14.9. The fourth-order valence-electron chi connectivity index (χ4n) is 5.12. The van der Waals surface area contributed by atoms with Crippen molar-refractivity contribution in [3.05, 3.63) is 104 Å². The second kappa shape index (κ2) is 13.4. The van der Waals surface area contributed by atoms with Gasteiger partial charge < -0.3 is 0 Å². The molecule has 0 unspecified atom stereocenters. The predicted octanol–water partition coefficient (Wildman–Crippen LogP) is 5.73. The van der Waals surface area contributed by atoms with E-state index in [0.717, 1.165) is 57.7 Å². The van der Waals surface area contributed by atoms with Gasteiger partial charge in [-0.3, -0.25) is 9.59 Å². The highest BCUT2D eigenvalue weighted by Crippen LogP contribution is 2.39. The number of carbonyl (C=O) groups is 2. The average Bonchev–Trinajstić information content (AvgIpc) is 2.94. The van der Waals surface area contributed by atoms with Crippen LogP contribution < -0.4 is 0 Å². The quantitative estimate of drug-likeness (QED) is 0.198. The summed E-state index contributed by atoms with van der Waals surface area (Å²) in [5.41, 5.74) is 4.71. The molecule has 8 nitrogen and oxygen atoms in total. The van der Waals surface area contributed by atoms with Crippen molar-refractivity contribution in [2.24, 2.45) is 0 Å². The van der Waals surface area contributed by atoms with Gasteiger partial charge in [0.25, 0.3) is 0 Å². The van der Waals surface area contributed by atoms with Gasteiger partial charge in [-0.15, -0.1) is 0 Å². The molecule has 2 atom stereocenters. The Kier molecular flexibility index (Phi) is 9.49. The number of rotatable bonds is 10. The van der Waals surface area contributed by atoms with Crippen LogP contribution in [0.15, 0.2) is 69.9 Å². The lowest BCUT2D eigenvalue weighted by Crippen LogP contribution is -2.17. The molecule has 4 aromatic rings. The van der Waals surface area contributed by atoms with E-state index in [4.69, 9.17) is 0 Å². The maximum atomic E-state index is 12.5. The molecule has 0 aliphatic heterocycles. The van der Waals surface area contributed by atoms with Crippen molar-refractivity contribution in [2.45, 2.75) is 63.2 Å². The van der Waals surface area contributed by atoms with Crippen LogP contribution in [0, 0.1) is 0 Å². The van der Waals surface area contributed by atoms with E-state index in [1.165, 1.54) is 0 Å². The lowest BCUT2D eigenvalue weighted by Gasteiger charge is -2.28. The van der Waals surface area contributed by atoms with E-state index < -0.39 is 0 Å². The van der Waals surface area contributed by atoms with E-state index in [1.54, 1.807) is 0 Å². The number of nitrogens with zero attached hydrogens (tertiary/aromatic N) is 6. The summed E-state index contributed by atoms with van der Waals surface area (Å²) >= 11 is 6.68. The first-order valence-electron chi connectivity index (χ1n) is 13.3. The third-order valence-electron chi connectivity index (χ3n) is 7.05. The highest BCUT2D eigenvalue weighted by atomic mass is 79.9. The summed E-state index contributed by atoms with van der Waals surface area (Å²) in [5.74, 6) is 0.669. The van der Waals surface area contributed by atoms with Crippen molar-refractivity contribution in [3.8, 4) is 0 Å². The summed E-state index contributed by atoms with van der Waals surface area (Å²) in [7, 11) is 0. The summed E-state index contributed by atoms with van der Waals surface area (Å²) < 4.78 is 1.44. The van der Waals surface area contributed by atoms with Crippen molar-refractivity contribution in [3.63, 3.8) is 0 Å². The number of ketones is 2. The Morgan fingerprint density at radius 1 is 0.600 bits per heavy atom. The van der Waals surface area contributed by atoms with Gasteiger partial charge in [-0.2, -0.15) is 20.4 Å². The van der Waals surface area contributed by atoms with Gasteiger partial charge in [0.2, 0.25) is 0 Å². The van der Waals surface area contributed by atoms with Crippen LogP contribution in [-0.2, 0) is 35.3 Å². The molecular weight excluding hydrogens is 636 g/mol. The summed E-state index contributed by atoms with van der Waals surface area (Å²) in [6.45, 7) is 0. The van der Waals surface area contributed by atoms with Gasteiger partial charge in [0.05, 0.1) is 35.6 Å². The van der Waals surface area contributed by atoms with E-state index in [9.17, 15) is 9.59 Å². The fourth-order valence-corrected chi connectivity index (χ4v) is 5.88. The number of carbonyl (C=O) groups excluding carboxylic acids is 2. The maximum Gasteiger partial charge on any atom is 0.144 e. The van der Waals surface area contributed by atoms with Crippen LogP contribution in [0.3, 0.4) is 0 Å². The smallest absolute Gasteiger partial charge is 0.144 e. The molecule has 10 heteroatoms. The van der Waals surface area contributed by atoms with Gasteiger partial charge in [0.15, 0.2) is 0 Å². The Labute approximate surface area is 249 Å². The van der Waals surface area contributed by atoms with Crippen LogP contribution in [0.1, 0.15) is 71.7 Å². The molecule has 1 aliphatic rings. The highest BCUT2D eigenvalue weighted by Gasteiger charge is 2.27. The highest BCUT2D eigenvalue weighted by molar-refractivity contribution is 9.10. The number of hydrogen-bond acceptors (Lipinski definition) is 8. The molecule has 40 heavy (non-hydrogen) atoms. The normalized spacial score (nSPS) is 16.9. The summed E-state index contributed by atoms with van der Waals surface area (Å²) in [6, 6.07) is 18.9. The van der Waals surface area contributed by atoms with Gasteiger partial charge in [-0.25, -0.2) is 9.97 Å². The summed E-state index contributed by atoms with van der Waals surface area (Å²) in [6.07, 6.45) is 5.08. The second-order valence-electron chi connectivity index (χ2n) is 10.1. The minimum Gasteiger partial charge on any atom is -0.299 e. The van der Waals surface area contributed by atoms with E-state index in [2.05, 4.69) is 62.2 Å². The second-order valence-corrected chi connectivity index (χ2v) is 11.8. The van der Waals surface area contributed by atoms with Gasteiger partial charge >= 0.3 is 0 Å². The van der Waals surface area contributed by atoms with Crippen molar-refractivity contribution in [1.29, 1.82) is 0 Å². The van der Waals surface area contributed by atoms with E-state index in [1.807, 2.05) is 60.7 Å². The van der Waals surface area contributed by atoms with Crippen molar-refractivity contribution in [2.75, 3.05) is 0 Å². The largest absolute Gasteiger partial charge is 0.299 e. The number of pyridine rings is 2. The topological polar surface area (TPSA) is 111 Å². The monoisotopic (exact) mass is 662 g/mol. The minimum atomic E-state index is 0.0545. The SMILES string of the molecule is O=C(Cc1ccc([C@@H]2CCC[C@@H](c3ccc(CC(=O)Cc4cccc(Br)n4)nn3)C2)nn1)Cc1cccc(Br)n1. The number of hydrogen-bond donors (Lipinski definition) is 0. The Hall–Kier alpha value is -3.24. The molecule has 4 heterocycles. The van der Waals surface area contributed by atoms with Crippen molar-refractivity contribution >= 4 is 43.4 Å². The first kappa shape index (κ1) is 28.3. The Morgan fingerprint density at radius 2 is 1.05 bits per heavy atom. The molecule has 0 bridgehead atoms. The Morgan fingerprint density at radius 3 is 1.45 bits per heavy atom. The lowest BCUT2D eigenvalue weighted by molar-refractivity contribution is -0.118. The molecule has 0 aromatic carbocycles. The van der Waals surface area contributed by atoms with Crippen LogP contribution in [0.4, 0.5) is 0 Å². The zero-order valence-corrected chi connectivity index (χ0v) is 25.0. The number of halogens is 2. The molecule has 5 rings (SSSR count). The molecule has 0 amide bonds. The molecule has 1 aliphatic carbocycles. The van der Waals surface area contributed by atoms with Crippen LogP contribution >= 0.6 is 31.9 Å². The maximum absolute atomic E-state index is 12.5. The van der Waals surface area contributed by atoms with Crippen LogP contribution in [-0.4, -0.2) is 41.9 Å². The Bertz CT molecular complexity index is 1370. The standard InChI is InChI=1S/C30H28Br2N6O2/c31-29-8-2-6-21(33-29)15-25(39)17-23-10-12-27(37-35-23)19-4-1-5-20(14-19)28-13-11-24(36-38-28)18-26(40)16-22-7-3-9-30(32)34-22/h2-3,6-13,19-20H,1,4-5,14-18H2/t19-,20-/m1/s1. The Balaban J connectivity index is 1.14. The van der Waals surface area contributed by atoms with Crippen molar-refractivity contribution in [1.82, 2.24) is 30.4 Å². The van der Waals surface area contributed by atoms with E-state index in [-0.39, 0.29) is 49.1 Å². The van der Waals surface area contributed by atoms with Gasteiger partial charge in [-0.1, -0.05) is 18.6 Å². The van der Waals surface area contributed by atoms with Gasteiger partial charge in [0.1, 0.15) is 20.8 Å². The van der Waals surface area contributed by atoms with Gasteiger partial charge in [0, 0.05) is 36.1 Å². The first-order chi connectivity index (χ1) is 19.4. The van der Waals surface area contributed by atoms with Crippen LogP contribution in [0.25, 0.3) is 0 Å². The fraction of sp³-hybridized carbons (Fsp3) is 0.333. The molecule has 204 valence electrons. The third-order valence-corrected chi connectivity index (χ3v) is 7.93. The summed E-state index contributed by atoms with van der Waals surface area (Å²) in [5, 5.41) is 17.7.